The van der Waals surface area contributed by atoms with Gasteiger partial charge in [-0.2, -0.15) is 0 Å². The SMILES string of the molecule is O=C(OCC(=O)N(C1CCCCC1)C1CCS(=O)(=O)C1)c1c(F)cccc1Cl. The van der Waals surface area contributed by atoms with Gasteiger partial charge in [-0.05, 0) is 31.4 Å². The van der Waals surface area contributed by atoms with Crippen LogP contribution in [-0.2, 0) is 19.4 Å². The Balaban J connectivity index is 1.71. The maximum atomic E-state index is 13.9. The van der Waals surface area contributed by atoms with Gasteiger partial charge in [0.2, 0.25) is 0 Å². The lowest BCUT2D eigenvalue weighted by molar-refractivity contribution is -0.140. The van der Waals surface area contributed by atoms with Crippen LogP contribution in [0.25, 0.3) is 0 Å². The summed E-state index contributed by atoms with van der Waals surface area (Å²) in [7, 11) is -3.17. The van der Waals surface area contributed by atoms with E-state index in [2.05, 4.69) is 0 Å². The molecule has 1 saturated heterocycles. The van der Waals surface area contributed by atoms with Gasteiger partial charge in [-0.15, -0.1) is 0 Å². The van der Waals surface area contributed by atoms with Crippen molar-refractivity contribution >= 4 is 33.3 Å². The summed E-state index contributed by atoms with van der Waals surface area (Å²) in [5.41, 5.74) is -0.412. The summed E-state index contributed by atoms with van der Waals surface area (Å²) < 4.78 is 42.7. The standard InChI is InChI=1S/C19H23ClFNO5S/c20-15-7-4-8-16(21)18(15)19(24)27-11-17(23)22(13-5-2-1-3-6-13)14-9-10-28(25,26)12-14/h4,7-8,13-14H,1-3,5-6,9-12H2. The van der Waals surface area contributed by atoms with Gasteiger partial charge in [0.15, 0.2) is 16.4 Å². The van der Waals surface area contributed by atoms with E-state index in [1.807, 2.05) is 0 Å². The molecule has 0 radical (unpaired) electrons. The van der Waals surface area contributed by atoms with Gasteiger partial charge in [0.05, 0.1) is 16.5 Å². The van der Waals surface area contributed by atoms with Gasteiger partial charge in [-0.3, -0.25) is 4.79 Å². The Kier molecular flexibility index (Phi) is 6.60. The van der Waals surface area contributed by atoms with E-state index >= 15 is 0 Å². The topological polar surface area (TPSA) is 80.8 Å². The van der Waals surface area contributed by atoms with Gasteiger partial charge < -0.3 is 9.64 Å². The first-order valence-corrected chi connectivity index (χ1v) is 11.6. The zero-order valence-corrected chi connectivity index (χ0v) is 17.0. The third kappa shape index (κ3) is 4.84. The van der Waals surface area contributed by atoms with E-state index in [0.717, 1.165) is 38.2 Å². The van der Waals surface area contributed by atoms with Crippen LogP contribution >= 0.6 is 11.6 Å². The fourth-order valence-corrected chi connectivity index (χ4v) is 5.98. The van der Waals surface area contributed by atoms with E-state index in [-0.39, 0.29) is 22.6 Å². The Morgan fingerprint density at radius 1 is 1.14 bits per heavy atom. The highest BCUT2D eigenvalue weighted by Gasteiger charge is 2.38. The van der Waals surface area contributed by atoms with Crippen molar-refractivity contribution in [1.29, 1.82) is 0 Å². The molecule has 1 aliphatic heterocycles. The van der Waals surface area contributed by atoms with Gasteiger partial charge in [0, 0.05) is 12.1 Å². The van der Waals surface area contributed by atoms with Crippen molar-refractivity contribution in [2.75, 3.05) is 18.1 Å². The number of rotatable bonds is 5. The molecule has 1 amide bonds. The fourth-order valence-electron chi connectivity index (χ4n) is 4.03. The van der Waals surface area contributed by atoms with Crippen LogP contribution in [-0.4, -0.2) is 55.4 Å². The molecule has 3 rings (SSSR count). The Bertz CT molecular complexity index is 834. The van der Waals surface area contributed by atoms with E-state index in [1.165, 1.54) is 12.1 Å². The van der Waals surface area contributed by atoms with Crippen molar-refractivity contribution in [2.24, 2.45) is 0 Å². The van der Waals surface area contributed by atoms with Crippen molar-refractivity contribution < 1.29 is 27.1 Å². The summed E-state index contributed by atoms with van der Waals surface area (Å²) in [6.45, 7) is -0.573. The maximum absolute atomic E-state index is 13.9. The lowest BCUT2D eigenvalue weighted by Crippen LogP contribution is -2.50. The summed E-state index contributed by atoms with van der Waals surface area (Å²) in [5, 5.41) is -0.0940. The molecule has 1 aliphatic carbocycles. The molecule has 0 N–H and O–H groups in total. The monoisotopic (exact) mass is 431 g/mol. The molecule has 1 heterocycles. The van der Waals surface area contributed by atoms with Gasteiger partial charge in [0.1, 0.15) is 11.4 Å². The number of carbonyl (C=O) groups excluding carboxylic acids is 2. The minimum absolute atomic E-state index is 0.0544. The number of amides is 1. The number of esters is 1. The molecule has 1 atom stereocenters. The van der Waals surface area contributed by atoms with E-state index in [0.29, 0.717) is 6.42 Å². The average molecular weight is 432 g/mol. The van der Waals surface area contributed by atoms with Gasteiger partial charge in [-0.1, -0.05) is 36.9 Å². The summed E-state index contributed by atoms with van der Waals surface area (Å²) >= 11 is 5.86. The van der Waals surface area contributed by atoms with E-state index in [4.69, 9.17) is 16.3 Å². The first kappa shape index (κ1) is 21.0. The second-order valence-electron chi connectivity index (χ2n) is 7.32. The molecule has 1 aromatic rings. The molecule has 1 unspecified atom stereocenters. The number of hydrogen-bond donors (Lipinski definition) is 0. The van der Waals surface area contributed by atoms with E-state index in [9.17, 15) is 22.4 Å². The molecule has 1 saturated carbocycles. The van der Waals surface area contributed by atoms with Crippen LogP contribution in [0, 0.1) is 5.82 Å². The zero-order chi connectivity index (χ0) is 20.3. The van der Waals surface area contributed by atoms with Gasteiger partial charge in [-0.25, -0.2) is 17.6 Å². The Labute approximate surface area is 168 Å². The van der Waals surface area contributed by atoms with E-state index < -0.39 is 45.7 Å². The third-order valence-electron chi connectivity index (χ3n) is 5.35. The molecule has 1 aromatic carbocycles. The Morgan fingerprint density at radius 3 is 2.46 bits per heavy atom. The molecular weight excluding hydrogens is 409 g/mol. The van der Waals surface area contributed by atoms with E-state index in [1.54, 1.807) is 4.90 Å². The predicted molar refractivity (Wildman–Crippen MR) is 102 cm³/mol. The highest BCUT2D eigenvalue weighted by atomic mass is 35.5. The predicted octanol–water partition coefficient (Wildman–Crippen LogP) is 2.98. The number of hydrogen-bond acceptors (Lipinski definition) is 5. The number of halogens is 2. The lowest BCUT2D eigenvalue weighted by Gasteiger charge is -2.38. The van der Waals surface area contributed by atoms with Gasteiger partial charge in [0.25, 0.3) is 5.91 Å². The van der Waals surface area contributed by atoms with Crippen LogP contribution in [0.1, 0.15) is 48.9 Å². The van der Waals surface area contributed by atoms with Crippen molar-refractivity contribution in [3.8, 4) is 0 Å². The number of ether oxygens (including phenoxy) is 1. The fraction of sp³-hybridized carbons (Fsp3) is 0.579. The minimum atomic E-state index is -3.17. The Morgan fingerprint density at radius 2 is 1.86 bits per heavy atom. The second-order valence-corrected chi connectivity index (χ2v) is 9.96. The highest BCUT2D eigenvalue weighted by molar-refractivity contribution is 7.91. The van der Waals surface area contributed by atoms with Crippen molar-refractivity contribution in [3.63, 3.8) is 0 Å². The number of carbonyl (C=O) groups is 2. The average Bonchev–Trinajstić information content (AvgIpc) is 3.00. The smallest absolute Gasteiger partial charge is 0.343 e. The largest absolute Gasteiger partial charge is 0.452 e. The maximum Gasteiger partial charge on any atom is 0.343 e. The highest BCUT2D eigenvalue weighted by Crippen LogP contribution is 2.28. The molecule has 2 fully saturated rings. The molecular formula is C19H23ClFNO5S. The minimum Gasteiger partial charge on any atom is -0.452 e. The van der Waals surface area contributed by atoms with Crippen LogP contribution in [0.3, 0.4) is 0 Å². The van der Waals surface area contributed by atoms with Gasteiger partial charge >= 0.3 is 5.97 Å². The summed E-state index contributed by atoms with van der Waals surface area (Å²) in [6, 6.07) is 3.35. The zero-order valence-electron chi connectivity index (χ0n) is 15.4. The lowest BCUT2D eigenvalue weighted by atomic mass is 9.93. The number of nitrogens with zero attached hydrogens (tertiary/aromatic N) is 1. The molecule has 0 spiro atoms. The van der Waals surface area contributed by atoms with Crippen molar-refractivity contribution in [2.45, 2.75) is 50.6 Å². The van der Waals surface area contributed by atoms with Crippen LogP contribution < -0.4 is 0 Å². The van der Waals surface area contributed by atoms with Crippen LogP contribution in [0.4, 0.5) is 4.39 Å². The van der Waals surface area contributed by atoms with Crippen LogP contribution in [0.15, 0.2) is 18.2 Å². The molecule has 2 aliphatic rings. The first-order valence-electron chi connectivity index (χ1n) is 9.41. The quantitative estimate of drug-likeness (QED) is 0.669. The molecule has 9 heteroatoms. The summed E-state index contributed by atoms with van der Waals surface area (Å²) in [5.74, 6) is -2.30. The molecule has 0 aromatic heterocycles. The Hall–Kier alpha value is -1.67. The number of sulfone groups is 1. The summed E-state index contributed by atoms with van der Waals surface area (Å²) in [4.78, 5) is 26.7. The summed E-state index contributed by atoms with van der Waals surface area (Å²) in [6.07, 6.45) is 5.02. The molecule has 28 heavy (non-hydrogen) atoms. The number of benzene rings is 1. The normalized spacial score (nSPS) is 22.0. The molecule has 0 bridgehead atoms. The first-order chi connectivity index (χ1) is 13.3. The molecule has 154 valence electrons. The third-order valence-corrected chi connectivity index (χ3v) is 7.42. The molecule has 6 nitrogen and oxygen atoms in total. The van der Waals surface area contributed by atoms with Crippen molar-refractivity contribution in [3.05, 3.63) is 34.6 Å². The van der Waals surface area contributed by atoms with Crippen LogP contribution in [0.2, 0.25) is 5.02 Å². The van der Waals surface area contributed by atoms with Crippen molar-refractivity contribution in [1.82, 2.24) is 4.90 Å². The second kappa shape index (κ2) is 8.78. The van der Waals surface area contributed by atoms with Crippen LogP contribution in [0.5, 0.6) is 0 Å².